The first kappa shape index (κ1) is 20.7. The van der Waals surface area contributed by atoms with E-state index in [4.69, 9.17) is 14.9 Å². The third-order valence-corrected chi connectivity index (χ3v) is 5.64. The van der Waals surface area contributed by atoms with Gasteiger partial charge in [-0.1, -0.05) is 13.8 Å². The van der Waals surface area contributed by atoms with Gasteiger partial charge in [-0.3, -0.25) is 4.79 Å². The summed E-state index contributed by atoms with van der Waals surface area (Å²) in [5.74, 6) is 0.0709. The van der Waals surface area contributed by atoms with Crippen LogP contribution in [-0.4, -0.2) is 24.2 Å². The zero-order valence-electron chi connectivity index (χ0n) is 15.5. The number of amides is 1. The lowest BCUT2D eigenvalue weighted by Gasteiger charge is -2.57. The van der Waals surface area contributed by atoms with E-state index in [2.05, 4.69) is 5.32 Å². The topological polar surface area (TPSA) is 77.5 Å². The van der Waals surface area contributed by atoms with E-state index >= 15 is 0 Å². The van der Waals surface area contributed by atoms with E-state index in [1.54, 1.807) is 6.07 Å². The second-order valence-corrected chi connectivity index (χ2v) is 7.31. The number of fused-ring (bicyclic) bond motifs is 1. The van der Waals surface area contributed by atoms with Crippen molar-refractivity contribution in [3.63, 3.8) is 0 Å². The molecule has 0 aliphatic heterocycles. The van der Waals surface area contributed by atoms with Crippen LogP contribution in [0.1, 0.15) is 38.5 Å². The molecule has 1 fully saturated rings. The number of rotatable bonds is 5. The summed E-state index contributed by atoms with van der Waals surface area (Å²) in [6.45, 7) is 8.50. The van der Waals surface area contributed by atoms with E-state index in [0.29, 0.717) is 29.8 Å². The highest BCUT2D eigenvalue weighted by atomic mass is 35.5. The summed E-state index contributed by atoms with van der Waals surface area (Å²) >= 11 is 0. The van der Waals surface area contributed by atoms with Crippen LogP contribution in [0.5, 0.6) is 0 Å². The maximum Gasteiger partial charge on any atom is 0.241 e. The molecule has 1 amide bonds. The van der Waals surface area contributed by atoms with E-state index in [9.17, 15) is 9.18 Å². The number of carbonyl (C=O) groups excluding carboxylic acids is 1. The maximum atomic E-state index is 13.4. The Morgan fingerprint density at radius 2 is 2.15 bits per heavy atom. The Bertz CT molecular complexity index is 820. The molecule has 7 heteroatoms. The SMILES string of the molecule is CCOC1CC(N)(C(=O)NCc2oc3ccc(F)cc3c2C)C1(C)C.Cl. The first-order valence-electron chi connectivity index (χ1n) is 8.57. The number of halogens is 2. The Hall–Kier alpha value is -1.63. The van der Waals surface area contributed by atoms with Gasteiger partial charge in [0.15, 0.2) is 0 Å². The number of carbonyl (C=O) groups is 1. The van der Waals surface area contributed by atoms with Gasteiger partial charge in [-0.05, 0) is 32.0 Å². The Kier molecular flexibility index (Phi) is 5.71. The van der Waals surface area contributed by atoms with Gasteiger partial charge in [0.2, 0.25) is 5.91 Å². The number of nitrogens with one attached hydrogen (secondary N) is 1. The normalized spacial score (nSPS) is 24.0. The quantitative estimate of drug-likeness (QED) is 0.827. The van der Waals surface area contributed by atoms with Crippen molar-refractivity contribution in [2.45, 2.75) is 52.3 Å². The highest BCUT2D eigenvalue weighted by Gasteiger charge is 2.62. The predicted molar refractivity (Wildman–Crippen MR) is 101 cm³/mol. The Morgan fingerprint density at radius 3 is 2.77 bits per heavy atom. The van der Waals surface area contributed by atoms with E-state index in [-0.39, 0.29) is 36.8 Å². The van der Waals surface area contributed by atoms with Crippen LogP contribution in [0.2, 0.25) is 0 Å². The number of benzene rings is 1. The Balaban J connectivity index is 0.00000243. The molecular weight excluding hydrogens is 359 g/mol. The van der Waals surface area contributed by atoms with Crippen LogP contribution in [0.3, 0.4) is 0 Å². The number of nitrogens with two attached hydrogens (primary N) is 1. The molecule has 2 aromatic rings. The summed E-state index contributed by atoms with van der Waals surface area (Å²) in [7, 11) is 0. The lowest BCUT2D eigenvalue weighted by Crippen LogP contribution is -2.75. The molecule has 5 nitrogen and oxygen atoms in total. The number of aryl methyl sites for hydroxylation is 1. The number of ether oxygens (including phenoxy) is 1. The minimum Gasteiger partial charge on any atom is -0.459 e. The Morgan fingerprint density at radius 1 is 1.46 bits per heavy atom. The lowest BCUT2D eigenvalue weighted by molar-refractivity contribution is -0.170. The van der Waals surface area contributed by atoms with Crippen molar-refractivity contribution >= 4 is 29.3 Å². The van der Waals surface area contributed by atoms with Crippen molar-refractivity contribution in [3.05, 3.63) is 35.3 Å². The van der Waals surface area contributed by atoms with Crippen LogP contribution in [0, 0.1) is 18.2 Å². The van der Waals surface area contributed by atoms with Gasteiger partial charge >= 0.3 is 0 Å². The summed E-state index contributed by atoms with van der Waals surface area (Å²) in [6, 6.07) is 4.38. The average molecular weight is 385 g/mol. The average Bonchev–Trinajstić information content (AvgIpc) is 2.88. The molecule has 0 radical (unpaired) electrons. The Labute approximate surface area is 158 Å². The van der Waals surface area contributed by atoms with Gasteiger partial charge in [0.1, 0.15) is 22.7 Å². The molecule has 3 rings (SSSR count). The molecule has 0 saturated heterocycles. The summed E-state index contributed by atoms with van der Waals surface area (Å²) in [6.07, 6.45) is 0.466. The van der Waals surface area contributed by atoms with Crippen molar-refractivity contribution in [2.24, 2.45) is 11.1 Å². The molecule has 1 aliphatic rings. The summed E-state index contributed by atoms with van der Waals surface area (Å²) in [4.78, 5) is 12.7. The smallest absolute Gasteiger partial charge is 0.241 e. The van der Waals surface area contributed by atoms with Crippen LogP contribution < -0.4 is 11.1 Å². The zero-order valence-corrected chi connectivity index (χ0v) is 16.3. The minimum atomic E-state index is -0.973. The fourth-order valence-corrected chi connectivity index (χ4v) is 3.55. The molecule has 3 N–H and O–H groups in total. The molecule has 1 aliphatic carbocycles. The van der Waals surface area contributed by atoms with E-state index < -0.39 is 11.0 Å². The first-order chi connectivity index (χ1) is 11.7. The number of furan rings is 1. The second-order valence-electron chi connectivity index (χ2n) is 7.31. The molecule has 2 unspecified atom stereocenters. The van der Waals surface area contributed by atoms with Crippen LogP contribution >= 0.6 is 12.4 Å². The monoisotopic (exact) mass is 384 g/mol. The highest BCUT2D eigenvalue weighted by Crippen LogP contribution is 2.49. The van der Waals surface area contributed by atoms with Gasteiger partial charge in [-0.15, -0.1) is 12.4 Å². The summed E-state index contributed by atoms with van der Waals surface area (Å²) < 4.78 is 24.8. The molecule has 1 heterocycles. The van der Waals surface area contributed by atoms with Gasteiger partial charge in [-0.25, -0.2) is 4.39 Å². The lowest BCUT2D eigenvalue weighted by atomic mass is 9.54. The molecule has 2 atom stereocenters. The summed E-state index contributed by atoms with van der Waals surface area (Å²) in [5, 5.41) is 3.58. The van der Waals surface area contributed by atoms with Crippen molar-refractivity contribution in [2.75, 3.05) is 6.61 Å². The maximum absolute atomic E-state index is 13.4. The second kappa shape index (κ2) is 7.18. The van der Waals surface area contributed by atoms with E-state index in [0.717, 1.165) is 5.56 Å². The largest absolute Gasteiger partial charge is 0.459 e. The van der Waals surface area contributed by atoms with Crippen molar-refractivity contribution in [3.8, 4) is 0 Å². The van der Waals surface area contributed by atoms with E-state index in [1.165, 1.54) is 12.1 Å². The molecule has 0 spiro atoms. The molecule has 1 aromatic heterocycles. The van der Waals surface area contributed by atoms with E-state index in [1.807, 2.05) is 27.7 Å². The van der Waals surface area contributed by atoms with Gasteiger partial charge < -0.3 is 20.2 Å². The van der Waals surface area contributed by atoms with Crippen molar-refractivity contribution in [1.82, 2.24) is 5.32 Å². The summed E-state index contributed by atoms with van der Waals surface area (Å²) in [5.41, 5.74) is 6.37. The zero-order chi connectivity index (χ0) is 18.4. The molecule has 1 saturated carbocycles. The molecule has 144 valence electrons. The highest BCUT2D eigenvalue weighted by molar-refractivity contribution is 5.89. The van der Waals surface area contributed by atoms with Gasteiger partial charge in [0.05, 0.1) is 12.6 Å². The van der Waals surface area contributed by atoms with Crippen LogP contribution in [0.15, 0.2) is 22.6 Å². The third-order valence-electron chi connectivity index (χ3n) is 5.64. The van der Waals surface area contributed by atoms with Gasteiger partial charge in [0.25, 0.3) is 0 Å². The van der Waals surface area contributed by atoms with Crippen LogP contribution in [0.25, 0.3) is 11.0 Å². The third kappa shape index (κ3) is 3.10. The van der Waals surface area contributed by atoms with Crippen LogP contribution in [0.4, 0.5) is 4.39 Å². The van der Waals surface area contributed by atoms with Crippen molar-refractivity contribution in [1.29, 1.82) is 0 Å². The standard InChI is InChI=1S/C19H25FN2O3.ClH/c1-5-24-16-9-19(21,18(16,3)4)17(23)22-10-15-11(2)13-8-12(20)6-7-14(13)25-15;/h6-8,16H,5,9-10,21H2,1-4H3,(H,22,23);1H. The van der Waals surface area contributed by atoms with Gasteiger partial charge in [-0.2, -0.15) is 0 Å². The predicted octanol–water partition coefficient (Wildman–Crippen LogP) is 3.45. The fourth-order valence-electron chi connectivity index (χ4n) is 3.55. The molecule has 0 bridgehead atoms. The fraction of sp³-hybridized carbons (Fsp3) is 0.526. The first-order valence-corrected chi connectivity index (χ1v) is 8.57. The number of hydrogen-bond donors (Lipinski definition) is 2. The molecule has 1 aromatic carbocycles. The van der Waals surface area contributed by atoms with Gasteiger partial charge in [0, 0.05) is 29.4 Å². The van der Waals surface area contributed by atoms with Crippen LogP contribution in [-0.2, 0) is 16.1 Å². The molecular formula is C19H26ClFN2O3. The van der Waals surface area contributed by atoms with Crippen molar-refractivity contribution < 1.29 is 18.3 Å². The molecule has 26 heavy (non-hydrogen) atoms. The number of hydrogen-bond acceptors (Lipinski definition) is 4. The minimum absolute atomic E-state index is 0.